The van der Waals surface area contributed by atoms with E-state index in [9.17, 15) is 19.2 Å². The Kier molecular flexibility index (Phi) is 8.24. The van der Waals surface area contributed by atoms with Crippen LogP contribution in [0.15, 0.2) is 49.1 Å². The molecule has 0 fully saturated rings. The number of hydrogen-bond acceptors (Lipinski definition) is 6. The molecule has 0 spiro atoms. The predicted molar refractivity (Wildman–Crippen MR) is 105 cm³/mol. The van der Waals surface area contributed by atoms with Gasteiger partial charge in [-0.3, -0.25) is 29.1 Å². The van der Waals surface area contributed by atoms with Crippen LogP contribution in [0.4, 0.5) is 5.69 Å². The molecule has 2 aromatic heterocycles. The molecule has 2 aromatic rings. The molecule has 0 aliphatic heterocycles. The molecule has 0 radical (unpaired) electrons. The summed E-state index contributed by atoms with van der Waals surface area (Å²) in [6.45, 7) is 1.16. The van der Waals surface area contributed by atoms with E-state index in [1.165, 1.54) is 18.6 Å². The van der Waals surface area contributed by atoms with Crippen molar-refractivity contribution in [2.24, 2.45) is 0 Å². The average Bonchev–Trinajstić information content (AvgIpc) is 2.75. The molecular formula is C19H22N6O4. The van der Waals surface area contributed by atoms with Crippen molar-refractivity contribution in [2.45, 2.75) is 19.4 Å². The Balaban J connectivity index is 1.72. The number of nitrogens with zero attached hydrogens (tertiary/aromatic N) is 2. The lowest BCUT2D eigenvalue weighted by Crippen LogP contribution is -2.49. The maximum Gasteiger partial charge on any atom is 0.253 e. The van der Waals surface area contributed by atoms with Crippen LogP contribution in [0.2, 0.25) is 0 Å². The van der Waals surface area contributed by atoms with Crippen LogP contribution in [0.3, 0.4) is 0 Å². The average molecular weight is 398 g/mol. The fourth-order valence-corrected chi connectivity index (χ4v) is 2.27. The van der Waals surface area contributed by atoms with Gasteiger partial charge in [0.25, 0.3) is 5.91 Å². The zero-order chi connectivity index (χ0) is 21.1. The number of nitrogens with one attached hydrogen (secondary N) is 4. The molecule has 2 rings (SSSR count). The number of amides is 4. The van der Waals surface area contributed by atoms with Crippen LogP contribution in [-0.2, 0) is 14.4 Å². The zero-order valence-corrected chi connectivity index (χ0v) is 15.8. The summed E-state index contributed by atoms with van der Waals surface area (Å²) in [6.07, 6.45) is 6.32. The lowest BCUT2D eigenvalue weighted by atomic mass is 10.2. The van der Waals surface area contributed by atoms with Gasteiger partial charge in [0, 0.05) is 18.6 Å². The number of carbonyl (C=O) groups is 4. The normalized spacial score (nSPS) is 11.1. The van der Waals surface area contributed by atoms with E-state index in [1.807, 2.05) is 0 Å². The third-order valence-corrected chi connectivity index (χ3v) is 3.77. The van der Waals surface area contributed by atoms with Crippen LogP contribution >= 0.6 is 0 Å². The molecule has 1 atom stereocenters. The third-order valence-electron chi connectivity index (χ3n) is 3.77. The minimum absolute atomic E-state index is 0.251. The number of rotatable bonds is 9. The lowest BCUT2D eigenvalue weighted by molar-refractivity contribution is -0.127. The van der Waals surface area contributed by atoms with Crippen molar-refractivity contribution in [3.8, 4) is 0 Å². The molecule has 0 aliphatic carbocycles. The van der Waals surface area contributed by atoms with E-state index in [4.69, 9.17) is 0 Å². The maximum atomic E-state index is 12.2. The molecule has 29 heavy (non-hydrogen) atoms. The quantitative estimate of drug-likeness (QED) is 0.463. The maximum absolute atomic E-state index is 12.2. The first kappa shape index (κ1) is 21.5. The summed E-state index contributed by atoms with van der Waals surface area (Å²) in [7, 11) is 0. The fourth-order valence-electron chi connectivity index (χ4n) is 2.27. The van der Waals surface area contributed by atoms with Crippen LogP contribution in [0.5, 0.6) is 0 Å². The topological polar surface area (TPSA) is 142 Å². The molecule has 10 nitrogen and oxygen atoms in total. The standard InChI is InChI=1S/C19H22N6O4/c1-2-15(25-18(28)13-5-3-7-20-9-13)19(29)23-11-16(26)22-12-17(27)24-14-6-4-8-21-10-14/h3-10,15H,2,11-12H2,1H3,(H,22,26)(H,23,29)(H,24,27)(H,25,28)/t15-/m0/s1. The molecule has 4 N–H and O–H groups in total. The van der Waals surface area contributed by atoms with Gasteiger partial charge in [-0.05, 0) is 30.7 Å². The van der Waals surface area contributed by atoms with Crippen LogP contribution in [-0.4, -0.2) is 52.7 Å². The van der Waals surface area contributed by atoms with Gasteiger partial charge in [0.2, 0.25) is 17.7 Å². The second kappa shape index (κ2) is 11.1. The van der Waals surface area contributed by atoms with E-state index in [0.29, 0.717) is 17.7 Å². The molecule has 0 aromatic carbocycles. The summed E-state index contributed by atoms with van der Waals surface area (Å²) in [5.74, 6) is -1.89. The fraction of sp³-hybridized carbons (Fsp3) is 0.263. The van der Waals surface area contributed by atoms with E-state index in [2.05, 4.69) is 31.2 Å². The molecule has 0 saturated carbocycles. The number of hydrogen-bond donors (Lipinski definition) is 4. The lowest BCUT2D eigenvalue weighted by Gasteiger charge is -2.16. The Labute approximate surface area is 167 Å². The first-order chi connectivity index (χ1) is 14.0. The Morgan fingerprint density at radius 1 is 0.931 bits per heavy atom. The monoisotopic (exact) mass is 398 g/mol. The van der Waals surface area contributed by atoms with E-state index in [1.54, 1.807) is 37.4 Å². The number of aromatic nitrogens is 2. The summed E-state index contributed by atoms with van der Waals surface area (Å²) in [5.41, 5.74) is 0.839. The van der Waals surface area contributed by atoms with E-state index in [-0.39, 0.29) is 13.1 Å². The molecule has 0 unspecified atom stereocenters. The molecule has 0 aliphatic rings. The SMILES string of the molecule is CC[C@H](NC(=O)c1cccnc1)C(=O)NCC(=O)NCC(=O)Nc1cccnc1. The highest BCUT2D eigenvalue weighted by molar-refractivity contribution is 5.98. The van der Waals surface area contributed by atoms with Crippen LogP contribution in [0.1, 0.15) is 23.7 Å². The van der Waals surface area contributed by atoms with Crippen molar-refractivity contribution < 1.29 is 19.2 Å². The van der Waals surface area contributed by atoms with Crippen molar-refractivity contribution in [1.82, 2.24) is 25.9 Å². The predicted octanol–water partition coefficient (Wildman–Crippen LogP) is -0.144. The Morgan fingerprint density at radius 3 is 2.24 bits per heavy atom. The number of carbonyl (C=O) groups excluding carboxylic acids is 4. The smallest absolute Gasteiger partial charge is 0.253 e. The van der Waals surface area contributed by atoms with Crippen LogP contribution < -0.4 is 21.3 Å². The minimum Gasteiger partial charge on any atom is -0.345 e. The highest BCUT2D eigenvalue weighted by atomic mass is 16.2. The Bertz CT molecular complexity index is 844. The van der Waals surface area contributed by atoms with Gasteiger partial charge in [0.1, 0.15) is 6.04 Å². The van der Waals surface area contributed by atoms with E-state index in [0.717, 1.165) is 0 Å². The van der Waals surface area contributed by atoms with Crippen molar-refractivity contribution in [3.05, 3.63) is 54.6 Å². The summed E-state index contributed by atoms with van der Waals surface area (Å²) >= 11 is 0. The van der Waals surface area contributed by atoms with Gasteiger partial charge in [-0.2, -0.15) is 0 Å². The summed E-state index contributed by atoms with van der Waals surface area (Å²) in [6, 6.07) is 5.73. The first-order valence-electron chi connectivity index (χ1n) is 8.94. The molecular weight excluding hydrogens is 376 g/mol. The second-order valence-electron chi connectivity index (χ2n) is 5.96. The molecule has 152 valence electrons. The van der Waals surface area contributed by atoms with E-state index < -0.39 is 29.7 Å². The van der Waals surface area contributed by atoms with Gasteiger partial charge in [-0.1, -0.05) is 6.92 Å². The molecule has 0 bridgehead atoms. The molecule has 2 heterocycles. The van der Waals surface area contributed by atoms with Crippen LogP contribution in [0, 0.1) is 0 Å². The zero-order valence-electron chi connectivity index (χ0n) is 15.8. The van der Waals surface area contributed by atoms with Crippen molar-refractivity contribution >= 4 is 29.3 Å². The highest BCUT2D eigenvalue weighted by Crippen LogP contribution is 2.01. The molecule has 10 heteroatoms. The molecule has 4 amide bonds. The Morgan fingerprint density at radius 2 is 1.62 bits per heavy atom. The minimum atomic E-state index is -0.801. The largest absolute Gasteiger partial charge is 0.345 e. The van der Waals surface area contributed by atoms with Crippen molar-refractivity contribution in [3.63, 3.8) is 0 Å². The third kappa shape index (κ3) is 7.37. The summed E-state index contributed by atoms with van der Waals surface area (Å²) in [4.78, 5) is 55.7. The van der Waals surface area contributed by atoms with Gasteiger partial charge in [-0.15, -0.1) is 0 Å². The first-order valence-corrected chi connectivity index (χ1v) is 8.94. The van der Waals surface area contributed by atoms with Gasteiger partial charge in [0.15, 0.2) is 0 Å². The highest BCUT2D eigenvalue weighted by Gasteiger charge is 2.20. The number of anilines is 1. The van der Waals surface area contributed by atoms with Crippen molar-refractivity contribution in [2.75, 3.05) is 18.4 Å². The van der Waals surface area contributed by atoms with Gasteiger partial charge < -0.3 is 21.3 Å². The van der Waals surface area contributed by atoms with Gasteiger partial charge in [0.05, 0.1) is 30.5 Å². The summed E-state index contributed by atoms with van der Waals surface area (Å²) in [5, 5.41) is 10.0. The van der Waals surface area contributed by atoms with Gasteiger partial charge in [-0.25, -0.2) is 0 Å². The second-order valence-corrected chi connectivity index (χ2v) is 5.96. The Hall–Kier alpha value is -3.82. The number of pyridine rings is 2. The van der Waals surface area contributed by atoms with Crippen LogP contribution in [0.25, 0.3) is 0 Å². The summed E-state index contributed by atoms with van der Waals surface area (Å²) < 4.78 is 0. The van der Waals surface area contributed by atoms with Gasteiger partial charge >= 0.3 is 0 Å². The van der Waals surface area contributed by atoms with E-state index >= 15 is 0 Å². The van der Waals surface area contributed by atoms with Crippen molar-refractivity contribution in [1.29, 1.82) is 0 Å². The molecule has 0 saturated heterocycles.